The fourth-order valence-electron chi connectivity index (χ4n) is 4.64. The summed E-state index contributed by atoms with van der Waals surface area (Å²) >= 11 is 0. The summed E-state index contributed by atoms with van der Waals surface area (Å²) in [5.74, 6) is -0.00495. The number of aliphatic imine (C=N–C) groups is 1. The lowest BCUT2D eigenvalue weighted by molar-refractivity contribution is -0.138. The molecule has 1 saturated heterocycles. The van der Waals surface area contributed by atoms with Gasteiger partial charge in [-0.15, -0.1) is 0 Å². The molecule has 1 fully saturated rings. The molecule has 3 unspecified atom stereocenters. The van der Waals surface area contributed by atoms with Crippen LogP contribution in [0.15, 0.2) is 47.5 Å². The van der Waals surface area contributed by atoms with Crippen LogP contribution >= 0.6 is 0 Å². The summed E-state index contributed by atoms with van der Waals surface area (Å²) in [5.41, 5.74) is 1.64. The third kappa shape index (κ3) is 4.69. The van der Waals surface area contributed by atoms with Crippen molar-refractivity contribution in [2.45, 2.75) is 57.7 Å². The van der Waals surface area contributed by atoms with E-state index in [-0.39, 0.29) is 36.4 Å². The lowest BCUT2D eigenvalue weighted by Crippen LogP contribution is -2.55. The Morgan fingerprint density at radius 2 is 1.97 bits per heavy atom. The van der Waals surface area contributed by atoms with Gasteiger partial charge < -0.3 is 10.0 Å². The number of halogens is 3. The first kappa shape index (κ1) is 23.9. The predicted octanol–water partition coefficient (Wildman–Crippen LogP) is 3.72. The Balaban J connectivity index is 1.56. The van der Waals surface area contributed by atoms with Crippen LogP contribution in [0.25, 0.3) is 0 Å². The number of hydrogen-bond acceptors (Lipinski definition) is 6. The molecule has 3 atom stereocenters. The molecule has 0 bridgehead atoms. The topological polar surface area (TPSA) is 94.0 Å². The smallest absolute Gasteiger partial charge is 0.374 e. The van der Waals surface area contributed by atoms with Gasteiger partial charge in [-0.3, -0.25) is 20.2 Å². The van der Waals surface area contributed by atoms with Gasteiger partial charge in [0, 0.05) is 18.5 Å². The predicted molar refractivity (Wildman–Crippen MR) is 119 cm³/mol. The molecular weight excluding hydrogens is 449 g/mol. The van der Waals surface area contributed by atoms with Gasteiger partial charge in [0.25, 0.3) is 0 Å². The highest BCUT2D eigenvalue weighted by Gasteiger charge is 2.38. The highest BCUT2D eigenvalue weighted by atomic mass is 19.4. The number of piperidine rings is 1. The van der Waals surface area contributed by atoms with E-state index >= 15 is 0 Å². The Bertz CT molecular complexity index is 1150. The number of carbonyl (C=O) groups is 2. The first-order valence-electron chi connectivity index (χ1n) is 10.9. The monoisotopic (exact) mass is 474 g/mol. The fourth-order valence-corrected chi connectivity index (χ4v) is 4.64. The van der Waals surface area contributed by atoms with Crippen LogP contribution in [0.4, 0.5) is 18.9 Å². The third-order valence-corrected chi connectivity index (χ3v) is 6.23. The third-order valence-electron chi connectivity index (χ3n) is 6.23. The van der Waals surface area contributed by atoms with Gasteiger partial charge in [0.15, 0.2) is 0 Å². The first-order chi connectivity index (χ1) is 16.1. The molecule has 0 spiro atoms. The molecule has 2 aliphatic heterocycles. The van der Waals surface area contributed by atoms with E-state index < -0.39 is 24.0 Å². The molecule has 2 aromatic rings. The van der Waals surface area contributed by atoms with E-state index in [2.05, 4.69) is 15.6 Å². The number of nitrogens with one attached hydrogen (secondary N) is 2. The summed E-state index contributed by atoms with van der Waals surface area (Å²) in [6, 6.07) is 9.27. The van der Waals surface area contributed by atoms with Crippen LogP contribution in [0, 0.1) is 0 Å². The van der Waals surface area contributed by atoms with Gasteiger partial charge in [-0.05, 0) is 49.6 Å². The maximum atomic E-state index is 13.0. The van der Waals surface area contributed by atoms with Crippen molar-refractivity contribution in [2.24, 2.45) is 4.99 Å². The lowest BCUT2D eigenvalue weighted by atomic mass is 9.93. The van der Waals surface area contributed by atoms with Gasteiger partial charge >= 0.3 is 6.18 Å². The van der Waals surface area contributed by atoms with Crippen molar-refractivity contribution >= 4 is 23.3 Å². The second-order valence-electron chi connectivity index (χ2n) is 8.47. The molecule has 34 heavy (non-hydrogen) atoms. The van der Waals surface area contributed by atoms with Crippen molar-refractivity contribution in [3.63, 3.8) is 0 Å². The molecule has 2 heterocycles. The SMILES string of the molecule is CC1=Nc2cccc(CNC(O)c3cccc(C(F)(F)F)c3)c2C(C)N1C1CCC(=O)NC1=O. The molecular formula is C24H25F3N4O3. The Kier molecular flexibility index (Phi) is 6.46. The molecule has 7 nitrogen and oxygen atoms in total. The van der Waals surface area contributed by atoms with Crippen LogP contribution in [0.3, 0.4) is 0 Å². The molecule has 2 aliphatic rings. The Morgan fingerprint density at radius 1 is 1.24 bits per heavy atom. The molecule has 10 heteroatoms. The minimum atomic E-state index is -4.50. The first-order valence-corrected chi connectivity index (χ1v) is 10.9. The van der Waals surface area contributed by atoms with Crippen molar-refractivity contribution in [1.29, 1.82) is 0 Å². The summed E-state index contributed by atoms with van der Waals surface area (Å²) in [4.78, 5) is 30.6. The summed E-state index contributed by atoms with van der Waals surface area (Å²) in [5, 5.41) is 15.8. The van der Waals surface area contributed by atoms with E-state index in [1.54, 1.807) is 0 Å². The number of fused-ring (bicyclic) bond motifs is 1. The van der Waals surface area contributed by atoms with E-state index in [0.29, 0.717) is 12.3 Å². The van der Waals surface area contributed by atoms with Crippen LogP contribution in [-0.4, -0.2) is 33.7 Å². The minimum Gasteiger partial charge on any atom is -0.374 e. The van der Waals surface area contributed by atoms with Crippen molar-refractivity contribution in [3.05, 3.63) is 64.7 Å². The largest absolute Gasteiger partial charge is 0.416 e. The summed E-state index contributed by atoms with van der Waals surface area (Å²) in [7, 11) is 0. The lowest BCUT2D eigenvalue weighted by Gasteiger charge is -2.42. The molecule has 0 saturated carbocycles. The molecule has 0 aliphatic carbocycles. The van der Waals surface area contributed by atoms with Crippen molar-refractivity contribution in [2.75, 3.05) is 0 Å². The van der Waals surface area contributed by atoms with Crippen LogP contribution in [-0.2, 0) is 22.3 Å². The van der Waals surface area contributed by atoms with Gasteiger partial charge in [0.05, 0.1) is 17.3 Å². The van der Waals surface area contributed by atoms with Crippen LogP contribution in [0.2, 0.25) is 0 Å². The zero-order valence-electron chi connectivity index (χ0n) is 18.7. The van der Waals surface area contributed by atoms with E-state index in [4.69, 9.17) is 0 Å². The normalized spacial score (nSPS) is 21.6. The number of carbonyl (C=O) groups excluding carboxylic acids is 2. The summed E-state index contributed by atoms with van der Waals surface area (Å²) in [6.07, 6.45) is -5.19. The zero-order valence-corrected chi connectivity index (χ0v) is 18.7. The standard InChI is InChI=1S/C24H25F3N4O3/c1-13-21-16(12-28-22(33)15-5-3-7-17(11-15)24(25,26)27)6-4-8-18(21)29-14(2)31(13)19-9-10-20(32)30-23(19)34/h3-8,11,13,19,22,28,33H,9-10,12H2,1-2H3,(H,30,32,34). The number of nitrogens with zero attached hydrogens (tertiary/aromatic N) is 2. The highest BCUT2D eigenvalue weighted by molar-refractivity contribution is 6.02. The molecule has 180 valence electrons. The average Bonchev–Trinajstić information content (AvgIpc) is 2.78. The number of hydrogen-bond donors (Lipinski definition) is 3. The zero-order chi connectivity index (χ0) is 24.6. The maximum Gasteiger partial charge on any atom is 0.416 e. The van der Waals surface area contributed by atoms with Crippen molar-refractivity contribution in [3.8, 4) is 0 Å². The number of aliphatic hydroxyl groups excluding tert-OH is 1. The number of amides is 2. The van der Waals surface area contributed by atoms with Gasteiger partial charge in [-0.1, -0.05) is 24.3 Å². The van der Waals surface area contributed by atoms with E-state index in [1.165, 1.54) is 12.1 Å². The number of imide groups is 1. The molecule has 3 N–H and O–H groups in total. The minimum absolute atomic E-state index is 0.103. The number of rotatable bonds is 5. The Labute approximate surface area is 194 Å². The van der Waals surface area contributed by atoms with Crippen LogP contribution in [0.1, 0.15) is 61.2 Å². The van der Waals surface area contributed by atoms with Crippen LogP contribution < -0.4 is 10.6 Å². The quantitative estimate of drug-likeness (QED) is 0.454. The fraction of sp³-hybridized carbons (Fsp3) is 0.375. The van der Waals surface area contributed by atoms with E-state index in [0.717, 1.165) is 28.9 Å². The second-order valence-corrected chi connectivity index (χ2v) is 8.47. The van der Waals surface area contributed by atoms with E-state index in [9.17, 15) is 27.9 Å². The van der Waals surface area contributed by atoms with Crippen molar-refractivity contribution in [1.82, 2.24) is 15.5 Å². The van der Waals surface area contributed by atoms with Gasteiger partial charge in [-0.25, -0.2) is 4.99 Å². The average molecular weight is 474 g/mol. The Morgan fingerprint density at radius 3 is 2.68 bits per heavy atom. The molecule has 2 aromatic carbocycles. The highest BCUT2D eigenvalue weighted by Crippen LogP contribution is 2.39. The number of alkyl halides is 3. The van der Waals surface area contributed by atoms with Gasteiger partial charge in [-0.2, -0.15) is 13.2 Å². The number of aliphatic hydroxyl groups is 1. The van der Waals surface area contributed by atoms with Gasteiger partial charge in [0.1, 0.15) is 18.1 Å². The molecule has 0 aromatic heterocycles. The molecule has 4 rings (SSSR count). The summed E-state index contributed by atoms with van der Waals surface area (Å²) < 4.78 is 39.1. The summed E-state index contributed by atoms with van der Waals surface area (Å²) in [6.45, 7) is 3.92. The Hall–Kier alpha value is -3.24. The van der Waals surface area contributed by atoms with Gasteiger partial charge in [0.2, 0.25) is 11.8 Å². The van der Waals surface area contributed by atoms with Crippen LogP contribution in [0.5, 0.6) is 0 Å². The van der Waals surface area contributed by atoms with E-state index in [1.807, 2.05) is 36.9 Å². The molecule has 0 radical (unpaired) electrons. The maximum absolute atomic E-state index is 13.0. The second kappa shape index (κ2) is 9.19. The molecule has 2 amide bonds. The van der Waals surface area contributed by atoms with Crippen molar-refractivity contribution < 1.29 is 27.9 Å². The number of amidine groups is 1. The number of benzene rings is 2.